The Morgan fingerprint density at radius 2 is 2.16 bits per heavy atom. The van der Waals surface area contributed by atoms with Gasteiger partial charge in [0.15, 0.2) is 5.96 Å². The van der Waals surface area contributed by atoms with E-state index >= 15 is 0 Å². The zero-order chi connectivity index (χ0) is 13.9. The number of hydrogen-bond acceptors (Lipinski definition) is 4. The smallest absolute Gasteiger partial charge is 0.191 e. The number of guanidine groups is 1. The second-order valence-corrected chi connectivity index (χ2v) is 5.50. The molecule has 1 rings (SSSR count). The molecule has 1 atom stereocenters. The largest absolute Gasteiger partial charge is 0.356 e. The van der Waals surface area contributed by atoms with E-state index in [-0.39, 0.29) is 0 Å². The topological polar surface area (TPSA) is 48.5 Å². The molecule has 0 amide bonds. The van der Waals surface area contributed by atoms with Crippen LogP contribution in [0.1, 0.15) is 46.5 Å². The van der Waals surface area contributed by atoms with Gasteiger partial charge in [-0.05, 0) is 53.0 Å². The van der Waals surface area contributed by atoms with Gasteiger partial charge in [0.25, 0.3) is 0 Å². The summed E-state index contributed by atoms with van der Waals surface area (Å²) in [5, 5.41) is 10.1. The van der Waals surface area contributed by atoms with Crippen molar-refractivity contribution in [1.82, 2.24) is 16.0 Å². The summed E-state index contributed by atoms with van der Waals surface area (Å²) in [5.41, 5.74) is 1.42. The van der Waals surface area contributed by atoms with Crippen LogP contribution in [0, 0.1) is 0 Å². The van der Waals surface area contributed by atoms with E-state index < -0.39 is 0 Å². The molecular weight excluding hydrogens is 236 g/mol. The third-order valence-electron chi connectivity index (χ3n) is 3.22. The van der Waals surface area contributed by atoms with Crippen molar-refractivity contribution in [2.24, 2.45) is 4.99 Å². The van der Waals surface area contributed by atoms with Gasteiger partial charge in [-0.25, -0.2) is 0 Å². The Hall–Kier alpha value is -1.03. The monoisotopic (exact) mass is 266 g/mol. The van der Waals surface area contributed by atoms with E-state index in [2.05, 4.69) is 47.8 Å². The van der Waals surface area contributed by atoms with Gasteiger partial charge in [0, 0.05) is 19.1 Å². The van der Waals surface area contributed by atoms with Gasteiger partial charge in [-0.15, -0.1) is 0 Å². The minimum absolute atomic E-state index is 0.615. The number of nitrogens with zero attached hydrogens (tertiary/aromatic N) is 1. The van der Waals surface area contributed by atoms with Gasteiger partial charge in [-0.1, -0.05) is 11.6 Å². The van der Waals surface area contributed by atoms with Crippen LogP contribution in [-0.2, 0) is 0 Å². The Labute approximate surface area is 118 Å². The van der Waals surface area contributed by atoms with Gasteiger partial charge in [0.05, 0.1) is 6.54 Å². The van der Waals surface area contributed by atoms with Gasteiger partial charge in [-0.2, -0.15) is 0 Å². The van der Waals surface area contributed by atoms with E-state index in [9.17, 15) is 0 Å². The zero-order valence-corrected chi connectivity index (χ0v) is 12.8. The van der Waals surface area contributed by atoms with Crippen molar-refractivity contribution >= 4 is 5.96 Å². The highest BCUT2D eigenvalue weighted by Crippen LogP contribution is 2.01. The maximum Gasteiger partial charge on any atom is 0.191 e. The first-order valence-corrected chi connectivity index (χ1v) is 7.57. The van der Waals surface area contributed by atoms with Gasteiger partial charge in [-0.3, -0.25) is 4.99 Å². The molecule has 4 nitrogen and oxygen atoms in total. The number of unbranched alkanes of at least 4 members (excludes halogenated alkanes) is 1. The number of hydrogen-bond donors (Lipinski definition) is 3. The molecule has 3 N–H and O–H groups in total. The summed E-state index contributed by atoms with van der Waals surface area (Å²) >= 11 is 0. The lowest BCUT2D eigenvalue weighted by atomic mass is 10.1. The lowest BCUT2D eigenvalue weighted by Gasteiger charge is -2.13. The van der Waals surface area contributed by atoms with E-state index in [1.165, 1.54) is 31.3 Å². The van der Waals surface area contributed by atoms with Gasteiger partial charge < -0.3 is 16.0 Å². The average molecular weight is 266 g/mol. The second kappa shape index (κ2) is 9.84. The molecule has 19 heavy (non-hydrogen) atoms. The minimum atomic E-state index is 0.615. The third-order valence-corrected chi connectivity index (χ3v) is 3.22. The normalized spacial score (nSPS) is 15.6. The Bertz CT molecular complexity index is 293. The molecule has 1 heterocycles. The van der Waals surface area contributed by atoms with Crippen LogP contribution in [0.2, 0.25) is 0 Å². The van der Waals surface area contributed by atoms with Crippen LogP contribution >= 0.6 is 0 Å². The molecule has 0 aromatic heterocycles. The molecule has 0 radical (unpaired) electrons. The summed E-state index contributed by atoms with van der Waals surface area (Å²) in [4.78, 5) is 4.30. The van der Waals surface area contributed by atoms with Gasteiger partial charge in [0.2, 0.25) is 0 Å². The molecule has 0 fully saturated rings. The Balaban J connectivity index is 1.88. The molecule has 0 saturated carbocycles. The van der Waals surface area contributed by atoms with E-state index in [1.54, 1.807) is 0 Å². The van der Waals surface area contributed by atoms with Crippen LogP contribution in [0.25, 0.3) is 0 Å². The van der Waals surface area contributed by atoms with Gasteiger partial charge in [0.1, 0.15) is 0 Å². The second-order valence-electron chi connectivity index (χ2n) is 5.50. The summed E-state index contributed by atoms with van der Waals surface area (Å²) in [6.45, 7) is 10.6. The van der Waals surface area contributed by atoms with Crippen molar-refractivity contribution in [3.8, 4) is 0 Å². The lowest BCUT2D eigenvalue weighted by molar-refractivity contribution is 0.502. The molecule has 0 aromatic carbocycles. The molecule has 0 unspecified atom stereocenters. The number of rotatable bonds is 9. The molecule has 0 spiro atoms. The summed E-state index contributed by atoms with van der Waals surface area (Å²) in [7, 11) is 0. The van der Waals surface area contributed by atoms with E-state index in [4.69, 9.17) is 0 Å². The van der Waals surface area contributed by atoms with E-state index in [0.29, 0.717) is 6.04 Å². The fourth-order valence-corrected chi connectivity index (χ4v) is 2.05. The third kappa shape index (κ3) is 8.65. The maximum absolute atomic E-state index is 4.30. The highest BCUT2D eigenvalue weighted by molar-refractivity contribution is 5.81. The molecule has 0 aliphatic carbocycles. The van der Waals surface area contributed by atoms with Crippen molar-refractivity contribution in [2.75, 3.05) is 26.2 Å². The standard InChI is InChI=1S/C15H30N4/c1-13(2)7-6-8-14(3)16-9-4-5-10-17-15-18-11-12-19-15/h7,14,16H,4-6,8-12H2,1-3H3,(H2,17,18,19)/t14-/m1/s1. The van der Waals surface area contributed by atoms with Crippen LogP contribution in [0.4, 0.5) is 0 Å². The summed E-state index contributed by atoms with van der Waals surface area (Å²) in [6.07, 6.45) is 7.13. The molecular formula is C15H30N4. The molecule has 0 saturated heterocycles. The number of aliphatic imine (C=N–C) groups is 1. The summed E-state index contributed by atoms with van der Waals surface area (Å²) < 4.78 is 0. The summed E-state index contributed by atoms with van der Waals surface area (Å²) in [6, 6.07) is 0.615. The fraction of sp³-hybridized carbons (Fsp3) is 0.800. The first-order valence-electron chi connectivity index (χ1n) is 7.57. The van der Waals surface area contributed by atoms with Crippen molar-refractivity contribution in [2.45, 2.75) is 52.5 Å². The van der Waals surface area contributed by atoms with E-state index in [1.807, 2.05) is 0 Å². The first kappa shape index (κ1) is 16.0. The van der Waals surface area contributed by atoms with Crippen molar-refractivity contribution < 1.29 is 0 Å². The highest BCUT2D eigenvalue weighted by Gasteiger charge is 2.03. The summed E-state index contributed by atoms with van der Waals surface area (Å²) in [5.74, 6) is 0.975. The molecule has 0 aromatic rings. The quantitative estimate of drug-likeness (QED) is 0.442. The Morgan fingerprint density at radius 1 is 1.37 bits per heavy atom. The van der Waals surface area contributed by atoms with Crippen LogP contribution in [0.5, 0.6) is 0 Å². The first-order chi connectivity index (χ1) is 9.18. The lowest BCUT2D eigenvalue weighted by Crippen LogP contribution is -2.34. The molecule has 110 valence electrons. The molecule has 0 bridgehead atoms. The van der Waals surface area contributed by atoms with Gasteiger partial charge >= 0.3 is 0 Å². The fourth-order valence-electron chi connectivity index (χ4n) is 2.05. The van der Waals surface area contributed by atoms with Crippen LogP contribution in [0.15, 0.2) is 16.6 Å². The van der Waals surface area contributed by atoms with Crippen LogP contribution in [-0.4, -0.2) is 38.2 Å². The van der Waals surface area contributed by atoms with Crippen molar-refractivity contribution in [1.29, 1.82) is 0 Å². The van der Waals surface area contributed by atoms with Crippen molar-refractivity contribution in [3.63, 3.8) is 0 Å². The predicted molar refractivity (Wildman–Crippen MR) is 83.7 cm³/mol. The number of allylic oxidation sites excluding steroid dienone is 2. The molecule has 1 aliphatic rings. The van der Waals surface area contributed by atoms with Crippen LogP contribution in [0.3, 0.4) is 0 Å². The number of nitrogens with one attached hydrogen (secondary N) is 3. The highest BCUT2D eigenvalue weighted by atomic mass is 15.2. The average Bonchev–Trinajstić information content (AvgIpc) is 2.86. The maximum atomic E-state index is 4.30. The molecule has 4 heteroatoms. The van der Waals surface area contributed by atoms with Crippen LogP contribution < -0.4 is 16.0 Å². The Morgan fingerprint density at radius 3 is 2.84 bits per heavy atom. The Kier molecular flexibility index (Phi) is 8.30. The minimum Gasteiger partial charge on any atom is -0.356 e. The SMILES string of the molecule is CC(C)=CCC[C@@H](C)NCCCCNC1=NCCN1. The van der Waals surface area contributed by atoms with E-state index in [0.717, 1.165) is 32.1 Å². The predicted octanol–water partition coefficient (Wildman–Crippen LogP) is 2.04. The molecule has 1 aliphatic heterocycles. The van der Waals surface area contributed by atoms with Crippen molar-refractivity contribution in [3.05, 3.63) is 11.6 Å². The zero-order valence-electron chi connectivity index (χ0n) is 12.8.